The van der Waals surface area contributed by atoms with Gasteiger partial charge in [-0.3, -0.25) is 9.59 Å². The summed E-state index contributed by atoms with van der Waals surface area (Å²) in [6.45, 7) is 1.66. The number of aryl methyl sites for hydroxylation is 1. The summed E-state index contributed by atoms with van der Waals surface area (Å²) in [5.41, 5.74) is 1.73. The van der Waals surface area contributed by atoms with Crippen LogP contribution in [0, 0.1) is 12.7 Å². The van der Waals surface area contributed by atoms with E-state index in [0.29, 0.717) is 5.56 Å². The number of hydrogen-bond donors (Lipinski definition) is 0. The number of carbonyl (C=O) groups excluding carboxylic acids is 2. The van der Waals surface area contributed by atoms with Crippen molar-refractivity contribution in [1.29, 1.82) is 0 Å². The fourth-order valence-electron chi connectivity index (χ4n) is 2.13. The summed E-state index contributed by atoms with van der Waals surface area (Å²) < 4.78 is 18.5. The third-order valence-electron chi connectivity index (χ3n) is 3.24. The molecule has 0 atom stereocenters. The minimum absolute atomic E-state index is 0.154. The van der Waals surface area contributed by atoms with E-state index < -0.39 is 17.7 Å². The van der Waals surface area contributed by atoms with Crippen molar-refractivity contribution in [3.8, 4) is 0 Å². The minimum Gasteiger partial charge on any atom is -0.459 e. The third-order valence-corrected chi connectivity index (χ3v) is 3.24. The number of hydrogen-bond acceptors (Lipinski definition) is 3. The van der Waals surface area contributed by atoms with Crippen LogP contribution >= 0.6 is 0 Å². The van der Waals surface area contributed by atoms with Crippen LogP contribution in [0.1, 0.15) is 21.5 Å². The number of rotatable bonds is 5. The quantitative estimate of drug-likeness (QED) is 0.797. The molecule has 23 heavy (non-hydrogen) atoms. The number of benzene rings is 2. The van der Waals surface area contributed by atoms with Gasteiger partial charge in [0.25, 0.3) is 5.91 Å². The molecule has 2 rings (SSSR count). The zero-order valence-electron chi connectivity index (χ0n) is 13.1. The summed E-state index contributed by atoms with van der Waals surface area (Å²) in [6, 6.07) is 13.3. The summed E-state index contributed by atoms with van der Waals surface area (Å²) in [7, 11) is 1.48. The summed E-state index contributed by atoms with van der Waals surface area (Å²) in [5.74, 6) is -1.42. The molecule has 0 bridgehead atoms. The molecule has 0 radical (unpaired) electrons. The molecule has 0 saturated carbocycles. The monoisotopic (exact) mass is 315 g/mol. The molecule has 0 N–H and O–H groups in total. The fraction of sp³-hybridized carbons (Fsp3) is 0.222. The van der Waals surface area contributed by atoms with Crippen LogP contribution in [-0.2, 0) is 16.1 Å². The molecule has 0 unspecified atom stereocenters. The fourth-order valence-corrected chi connectivity index (χ4v) is 2.13. The first kappa shape index (κ1) is 16.7. The van der Waals surface area contributed by atoms with E-state index in [9.17, 15) is 14.0 Å². The highest BCUT2D eigenvalue weighted by atomic mass is 19.1. The van der Waals surface area contributed by atoms with Crippen LogP contribution in [0.5, 0.6) is 0 Å². The van der Waals surface area contributed by atoms with Gasteiger partial charge in [-0.25, -0.2) is 4.39 Å². The predicted molar refractivity (Wildman–Crippen MR) is 84.3 cm³/mol. The summed E-state index contributed by atoms with van der Waals surface area (Å²) in [6.07, 6.45) is 0. The minimum atomic E-state index is -0.516. The Morgan fingerprint density at radius 3 is 2.48 bits per heavy atom. The van der Waals surface area contributed by atoms with Gasteiger partial charge in [0.15, 0.2) is 0 Å². The van der Waals surface area contributed by atoms with Gasteiger partial charge in [0.1, 0.15) is 19.0 Å². The van der Waals surface area contributed by atoms with E-state index in [2.05, 4.69) is 0 Å². The van der Waals surface area contributed by atoms with Crippen LogP contribution in [0.4, 0.5) is 4.39 Å². The Balaban J connectivity index is 1.91. The SMILES string of the molecule is Cc1cc(F)cc(C(=O)N(C)CC(=O)OCc2ccccc2)c1. The third kappa shape index (κ3) is 4.92. The second-order valence-corrected chi connectivity index (χ2v) is 5.32. The van der Waals surface area contributed by atoms with Crippen molar-refractivity contribution in [3.63, 3.8) is 0 Å². The number of nitrogens with zero attached hydrogens (tertiary/aromatic N) is 1. The second kappa shape index (κ2) is 7.54. The number of amides is 1. The first-order valence-electron chi connectivity index (χ1n) is 7.18. The molecule has 5 heteroatoms. The maximum atomic E-state index is 13.4. The molecule has 2 aromatic rings. The number of esters is 1. The zero-order chi connectivity index (χ0) is 16.8. The van der Waals surface area contributed by atoms with Crippen LogP contribution < -0.4 is 0 Å². The Morgan fingerprint density at radius 1 is 1.13 bits per heavy atom. The highest BCUT2D eigenvalue weighted by Gasteiger charge is 2.16. The molecular formula is C18H18FNO3. The van der Waals surface area contributed by atoms with Crippen LogP contribution in [0.25, 0.3) is 0 Å². The standard InChI is InChI=1S/C18H18FNO3/c1-13-8-15(10-16(19)9-13)18(22)20(2)11-17(21)23-12-14-6-4-3-5-7-14/h3-10H,11-12H2,1-2H3. The van der Waals surface area contributed by atoms with Gasteiger partial charge in [0.2, 0.25) is 0 Å². The van der Waals surface area contributed by atoms with Crippen LogP contribution in [-0.4, -0.2) is 30.4 Å². The maximum absolute atomic E-state index is 13.4. The van der Waals surface area contributed by atoms with Gasteiger partial charge < -0.3 is 9.64 Å². The Kier molecular flexibility index (Phi) is 5.46. The molecule has 0 fully saturated rings. The van der Waals surface area contributed by atoms with Crippen LogP contribution in [0.3, 0.4) is 0 Å². The smallest absolute Gasteiger partial charge is 0.325 e. The Labute approximate surface area is 134 Å². The lowest BCUT2D eigenvalue weighted by molar-refractivity contribution is -0.145. The average Bonchev–Trinajstić information content (AvgIpc) is 2.52. The van der Waals surface area contributed by atoms with Crippen molar-refractivity contribution in [3.05, 3.63) is 71.0 Å². The lowest BCUT2D eigenvalue weighted by atomic mass is 10.1. The van der Waals surface area contributed by atoms with Crippen molar-refractivity contribution in [2.24, 2.45) is 0 Å². The van der Waals surface area contributed by atoms with Crippen molar-refractivity contribution in [1.82, 2.24) is 4.90 Å². The van der Waals surface area contributed by atoms with Gasteiger partial charge in [-0.15, -0.1) is 0 Å². The van der Waals surface area contributed by atoms with E-state index >= 15 is 0 Å². The Morgan fingerprint density at radius 2 is 1.83 bits per heavy atom. The van der Waals surface area contributed by atoms with Gasteiger partial charge in [-0.2, -0.15) is 0 Å². The van der Waals surface area contributed by atoms with Crippen molar-refractivity contribution in [2.45, 2.75) is 13.5 Å². The molecule has 0 spiro atoms. The van der Waals surface area contributed by atoms with Gasteiger partial charge in [0, 0.05) is 12.6 Å². The lowest BCUT2D eigenvalue weighted by Gasteiger charge is -2.16. The summed E-state index contributed by atoms with van der Waals surface area (Å²) >= 11 is 0. The van der Waals surface area contributed by atoms with Crippen molar-refractivity contribution in [2.75, 3.05) is 13.6 Å². The zero-order valence-corrected chi connectivity index (χ0v) is 13.1. The number of halogens is 1. The van der Waals surface area contributed by atoms with Gasteiger partial charge in [-0.1, -0.05) is 30.3 Å². The van der Waals surface area contributed by atoms with E-state index in [0.717, 1.165) is 11.6 Å². The van der Waals surface area contributed by atoms with E-state index in [-0.39, 0.29) is 18.7 Å². The van der Waals surface area contributed by atoms with Crippen molar-refractivity contribution < 1.29 is 18.7 Å². The average molecular weight is 315 g/mol. The molecule has 0 saturated heterocycles. The van der Waals surface area contributed by atoms with Crippen molar-refractivity contribution >= 4 is 11.9 Å². The van der Waals surface area contributed by atoms with Crippen LogP contribution in [0.2, 0.25) is 0 Å². The maximum Gasteiger partial charge on any atom is 0.325 e. The Bertz CT molecular complexity index is 680. The first-order chi connectivity index (χ1) is 11.0. The number of ether oxygens (including phenoxy) is 1. The molecule has 120 valence electrons. The molecule has 0 heterocycles. The van der Waals surface area contributed by atoms with Gasteiger partial charge in [0.05, 0.1) is 0 Å². The highest BCUT2D eigenvalue weighted by molar-refractivity contribution is 5.96. The predicted octanol–water partition coefficient (Wildman–Crippen LogP) is 2.95. The molecule has 0 aromatic heterocycles. The number of likely N-dealkylation sites (N-methyl/N-ethyl adjacent to an activating group) is 1. The molecule has 0 aliphatic carbocycles. The molecule has 4 nitrogen and oxygen atoms in total. The van der Waals surface area contributed by atoms with Gasteiger partial charge >= 0.3 is 5.97 Å². The molecule has 0 aliphatic heterocycles. The topological polar surface area (TPSA) is 46.6 Å². The van der Waals surface area contributed by atoms with E-state index in [1.165, 1.54) is 18.0 Å². The number of carbonyl (C=O) groups is 2. The molecule has 2 aromatic carbocycles. The second-order valence-electron chi connectivity index (χ2n) is 5.32. The largest absolute Gasteiger partial charge is 0.459 e. The first-order valence-corrected chi connectivity index (χ1v) is 7.18. The van der Waals surface area contributed by atoms with Gasteiger partial charge in [-0.05, 0) is 36.2 Å². The highest BCUT2D eigenvalue weighted by Crippen LogP contribution is 2.10. The van der Waals surface area contributed by atoms with E-state index in [1.54, 1.807) is 13.0 Å². The summed E-state index contributed by atoms with van der Waals surface area (Å²) in [4.78, 5) is 25.2. The van der Waals surface area contributed by atoms with E-state index in [4.69, 9.17) is 4.74 Å². The molecule has 1 amide bonds. The molecular weight excluding hydrogens is 297 g/mol. The Hall–Kier alpha value is -2.69. The molecule has 0 aliphatic rings. The van der Waals surface area contributed by atoms with E-state index in [1.807, 2.05) is 30.3 Å². The normalized spacial score (nSPS) is 10.2. The lowest BCUT2D eigenvalue weighted by Crippen LogP contribution is -2.33. The summed E-state index contributed by atoms with van der Waals surface area (Å²) in [5, 5.41) is 0. The van der Waals surface area contributed by atoms with Crippen LogP contribution in [0.15, 0.2) is 48.5 Å².